The van der Waals surface area contributed by atoms with E-state index in [1.807, 2.05) is 42.5 Å². The molecular formula is C25H21Br2NO5. The molecule has 2 bridgehead atoms. The lowest BCUT2D eigenvalue weighted by molar-refractivity contribution is -0.152. The Morgan fingerprint density at radius 1 is 0.848 bits per heavy atom. The van der Waals surface area contributed by atoms with Crippen molar-refractivity contribution in [2.45, 2.75) is 16.1 Å². The monoisotopic (exact) mass is 573 g/mol. The number of halogens is 2. The molecule has 0 spiro atoms. The highest BCUT2D eigenvalue weighted by Gasteiger charge is 2.66. The van der Waals surface area contributed by atoms with E-state index < -0.39 is 19.1 Å². The molecule has 170 valence electrons. The Hall–Kier alpha value is -2.32. The molecule has 5 rings (SSSR count). The Morgan fingerprint density at radius 2 is 1.39 bits per heavy atom. The van der Waals surface area contributed by atoms with Crippen molar-refractivity contribution in [2.24, 2.45) is 23.7 Å². The Bertz CT molecular complexity index is 1090. The number of hydrogen-bond donors (Lipinski definition) is 0. The molecule has 0 aromatic heterocycles. The third-order valence-electron chi connectivity index (χ3n) is 7.04. The first kappa shape index (κ1) is 22.5. The second kappa shape index (κ2) is 8.80. The molecule has 0 radical (unpaired) electrons. The first-order valence-corrected chi connectivity index (χ1v) is 12.7. The summed E-state index contributed by atoms with van der Waals surface area (Å²) in [5.74, 6) is -2.30. The standard InChI is InChI=1S/C25H21Br2NO5/c26-22-16-10-17(23(22)27)21-20(16)24(31)28(25(21)32)11-19(30)33-12-18(29)15-8-6-14(7-9-15)13-4-2-1-3-5-13/h1-9,16-17,20-23H,10-12H2/t16-,17-,20-,21+,22-,23+/m1/s1. The lowest BCUT2D eigenvalue weighted by Gasteiger charge is -2.28. The number of Topliss-reactive ketones (excluding diaryl/α,β-unsaturated/α-hetero) is 1. The van der Waals surface area contributed by atoms with Crippen LogP contribution >= 0.6 is 31.9 Å². The number of hydrogen-bond acceptors (Lipinski definition) is 5. The highest BCUT2D eigenvalue weighted by atomic mass is 79.9. The van der Waals surface area contributed by atoms with Gasteiger partial charge in [0.1, 0.15) is 6.54 Å². The highest BCUT2D eigenvalue weighted by molar-refractivity contribution is 9.12. The largest absolute Gasteiger partial charge is 0.456 e. The molecule has 3 aliphatic rings. The summed E-state index contributed by atoms with van der Waals surface area (Å²) < 4.78 is 5.11. The van der Waals surface area contributed by atoms with Gasteiger partial charge in [0.25, 0.3) is 0 Å². The van der Waals surface area contributed by atoms with E-state index in [0.717, 1.165) is 22.4 Å². The van der Waals surface area contributed by atoms with Crippen LogP contribution in [0.3, 0.4) is 0 Å². The van der Waals surface area contributed by atoms with Crippen LogP contribution in [0.4, 0.5) is 0 Å². The lowest BCUT2D eigenvalue weighted by Crippen LogP contribution is -2.38. The van der Waals surface area contributed by atoms with Crippen LogP contribution in [0.1, 0.15) is 16.8 Å². The minimum absolute atomic E-state index is 0.0854. The molecule has 6 atom stereocenters. The van der Waals surface area contributed by atoms with Gasteiger partial charge in [0, 0.05) is 15.2 Å². The van der Waals surface area contributed by atoms with Gasteiger partial charge < -0.3 is 4.74 Å². The van der Waals surface area contributed by atoms with E-state index in [2.05, 4.69) is 31.9 Å². The highest BCUT2D eigenvalue weighted by Crippen LogP contribution is 2.60. The van der Waals surface area contributed by atoms with E-state index in [1.165, 1.54) is 0 Å². The molecule has 2 aromatic carbocycles. The maximum absolute atomic E-state index is 12.9. The van der Waals surface area contributed by atoms with Crippen molar-refractivity contribution in [1.82, 2.24) is 4.90 Å². The van der Waals surface area contributed by atoms with E-state index in [-0.39, 0.29) is 50.9 Å². The molecule has 2 amide bonds. The molecule has 2 aromatic rings. The Labute approximate surface area is 207 Å². The minimum Gasteiger partial charge on any atom is -0.456 e. The zero-order valence-corrected chi connectivity index (χ0v) is 20.7. The van der Waals surface area contributed by atoms with Gasteiger partial charge in [-0.05, 0) is 29.4 Å². The van der Waals surface area contributed by atoms with Crippen LogP contribution in [0, 0.1) is 23.7 Å². The Kier molecular flexibility index (Phi) is 5.99. The predicted molar refractivity (Wildman–Crippen MR) is 128 cm³/mol. The number of esters is 1. The van der Waals surface area contributed by atoms with E-state index >= 15 is 0 Å². The minimum atomic E-state index is -0.760. The van der Waals surface area contributed by atoms with Crippen LogP contribution in [-0.2, 0) is 19.1 Å². The molecule has 1 aliphatic heterocycles. The molecule has 0 unspecified atom stereocenters. The molecule has 1 heterocycles. The number of benzene rings is 2. The van der Waals surface area contributed by atoms with Crippen molar-refractivity contribution in [3.8, 4) is 11.1 Å². The number of ether oxygens (including phenoxy) is 1. The van der Waals surface area contributed by atoms with Crippen molar-refractivity contribution in [1.29, 1.82) is 0 Å². The summed E-state index contributed by atoms with van der Waals surface area (Å²) in [7, 11) is 0. The van der Waals surface area contributed by atoms with Gasteiger partial charge in [0.2, 0.25) is 11.8 Å². The summed E-state index contributed by atoms with van der Waals surface area (Å²) in [6, 6.07) is 16.8. The summed E-state index contributed by atoms with van der Waals surface area (Å²) in [5, 5.41) is 0. The fourth-order valence-electron chi connectivity index (χ4n) is 5.45. The van der Waals surface area contributed by atoms with Crippen molar-refractivity contribution < 1.29 is 23.9 Å². The fourth-order valence-corrected chi connectivity index (χ4v) is 7.32. The first-order chi connectivity index (χ1) is 15.9. The molecule has 2 aliphatic carbocycles. The van der Waals surface area contributed by atoms with E-state index in [4.69, 9.17) is 4.74 Å². The van der Waals surface area contributed by atoms with Gasteiger partial charge in [-0.3, -0.25) is 24.1 Å². The average molecular weight is 575 g/mol. The quantitative estimate of drug-likeness (QED) is 0.226. The number of nitrogens with zero attached hydrogens (tertiary/aromatic N) is 1. The Morgan fingerprint density at radius 3 is 1.97 bits per heavy atom. The number of carbonyl (C=O) groups excluding carboxylic acids is 4. The summed E-state index contributed by atoms with van der Waals surface area (Å²) in [4.78, 5) is 51.9. The van der Waals surface area contributed by atoms with E-state index in [1.54, 1.807) is 12.1 Å². The average Bonchev–Trinajstić information content (AvgIpc) is 3.44. The van der Waals surface area contributed by atoms with Gasteiger partial charge in [-0.2, -0.15) is 0 Å². The number of carbonyl (C=O) groups is 4. The first-order valence-electron chi connectivity index (χ1n) is 10.8. The lowest BCUT2D eigenvalue weighted by atomic mass is 9.81. The predicted octanol–water partition coefficient (Wildman–Crippen LogP) is 3.86. The van der Waals surface area contributed by atoms with Gasteiger partial charge in [-0.25, -0.2) is 0 Å². The maximum atomic E-state index is 12.9. The molecule has 2 saturated carbocycles. The van der Waals surface area contributed by atoms with Crippen LogP contribution in [0.5, 0.6) is 0 Å². The van der Waals surface area contributed by atoms with Gasteiger partial charge in [0.15, 0.2) is 12.4 Å². The number of amides is 2. The smallest absolute Gasteiger partial charge is 0.326 e. The summed E-state index contributed by atoms with van der Waals surface area (Å²) in [6.45, 7) is -0.894. The molecule has 33 heavy (non-hydrogen) atoms. The third-order valence-corrected chi connectivity index (χ3v) is 10.3. The molecule has 8 heteroatoms. The van der Waals surface area contributed by atoms with Crippen molar-refractivity contribution in [2.75, 3.05) is 13.2 Å². The van der Waals surface area contributed by atoms with E-state index in [0.29, 0.717) is 5.56 Å². The molecular weight excluding hydrogens is 554 g/mol. The van der Waals surface area contributed by atoms with Crippen molar-refractivity contribution >= 4 is 55.4 Å². The second-order valence-electron chi connectivity index (χ2n) is 8.79. The SMILES string of the molecule is O=C(CN1C(=O)[C@@H]2[C@H]3C[C@@H]([C@H](Br)[C@@H]3Br)[C@@H]2C1=O)OCC(=O)c1ccc(-c2ccccc2)cc1. The number of likely N-dealkylation sites (tertiary alicyclic amines) is 1. The van der Waals surface area contributed by atoms with Gasteiger partial charge in [0.05, 0.1) is 11.8 Å². The summed E-state index contributed by atoms with van der Waals surface area (Å²) >= 11 is 7.28. The Balaban J connectivity index is 1.17. The van der Waals surface area contributed by atoms with Crippen molar-refractivity contribution in [3.05, 3.63) is 60.2 Å². The zero-order chi connectivity index (χ0) is 23.3. The maximum Gasteiger partial charge on any atom is 0.326 e. The van der Waals surface area contributed by atoms with Gasteiger partial charge in [-0.1, -0.05) is 86.5 Å². The number of rotatable bonds is 6. The second-order valence-corrected chi connectivity index (χ2v) is 10.9. The van der Waals surface area contributed by atoms with Crippen LogP contribution in [0.2, 0.25) is 0 Å². The topological polar surface area (TPSA) is 80.8 Å². The van der Waals surface area contributed by atoms with Gasteiger partial charge >= 0.3 is 5.97 Å². The number of ketones is 1. The molecule has 3 fully saturated rings. The van der Waals surface area contributed by atoms with Crippen molar-refractivity contribution in [3.63, 3.8) is 0 Å². The van der Waals surface area contributed by atoms with Crippen LogP contribution in [0.25, 0.3) is 11.1 Å². The molecule has 6 nitrogen and oxygen atoms in total. The third kappa shape index (κ3) is 3.87. The summed E-state index contributed by atoms with van der Waals surface area (Å²) in [5.41, 5.74) is 2.44. The fraction of sp³-hybridized carbons (Fsp3) is 0.360. The zero-order valence-electron chi connectivity index (χ0n) is 17.5. The van der Waals surface area contributed by atoms with Crippen LogP contribution in [-0.4, -0.2) is 51.3 Å². The number of alkyl halides is 2. The van der Waals surface area contributed by atoms with Crippen LogP contribution in [0.15, 0.2) is 54.6 Å². The normalized spacial score (nSPS) is 29.9. The molecule has 1 saturated heterocycles. The summed E-state index contributed by atoms with van der Waals surface area (Å²) in [6.07, 6.45) is 0.828. The molecule has 0 N–H and O–H groups in total. The number of imide groups is 1. The van der Waals surface area contributed by atoms with Crippen LogP contribution < -0.4 is 0 Å². The van der Waals surface area contributed by atoms with E-state index in [9.17, 15) is 19.2 Å². The number of fused-ring (bicyclic) bond motifs is 5. The van der Waals surface area contributed by atoms with Gasteiger partial charge in [-0.15, -0.1) is 0 Å².